The molecule has 1 saturated heterocycles. The molecule has 1 aliphatic rings. The summed E-state index contributed by atoms with van der Waals surface area (Å²) in [5.74, 6) is -0.335. The van der Waals surface area contributed by atoms with Gasteiger partial charge in [-0.2, -0.15) is 4.31 Å². The lowest BCUT2D eigenvalue weighted by atomic mass is 10.2. The molecule has 2 rings (SSSR count). The van der Waals surface area contributed by atoms with Gasteiger partial charge < -0.3 is 9.94 Å². The number of nitrogens with zero attached hydrogens (tertiary/aromatic N) is 2. The molecule has 0 radical (unpaired) electrons. The molecule has 9 nitrogen and oxygen atoms in total. The second-order valence-electron chi connectivity index (χ2n) is 5.59. The zero-order chi connectivity index (χ0) is 18.4. The van der Waals surface area contributed by atoms with Crippen molar-refractivity contribution in [3.63, 3.8) is 0 Å². The van der Waals surface area contributed by atoms with Gasteiger partial charge in [0.2, 0.25) is 10.0 Å². The fourth-order valence-corrected chi connectivity index (χ4v) is 4.06. The Labute approximate surface area is 145 Å². The van der Waals surface area contributed by atoms with Crippen molar-refractivity contribution < 1.29 is 28.4 Å². The molecule has 0 bridgehead atoms. The number of sulfonamides is 1. The average molecular weight is 371 g/mol. The molecule has 0 unspecified atom stereocenters. The van der Waals surface area contributed by atoms with E-state index in [1.807, 2.05) is 6.92 Å². The van der Waals surface area contributed by atoms with Crippen molar-refractivity contribution in [3.05, 3.63) is 24.3 Å². The summed E-state index contributed by atoms with van der Waals surface area (Å²) in [5.41, 5.74) is 1.58. The average Bonchev–Trinajstić information content (AvgIpc) is 3.07. The Morgan fingerprint density at radius 1 is 1.40 bits per heavy atom. The third kappa shape index (κ3) is 4.27. The molecule has 10 heteroatoms. The first-order chi connectivity index (χ1) is 11.9. The van der Waals surface area contributed by atoms with Crippen LogP contribution in [-0.4, -0.2) is 53.9 Å². The molecule has 1 aromatic rings. The number of hydrogen-bond donors (Lipinski definition) is 3. The second kappa shape index (κ2) is 8.28. The van der Waals surface area contributed by atoms with Crippen LogP contribution in [0.5, 0.6) is 5.75 Å². The van der Waals surface area contributed by atoms with Crippen LogP contribution in [0.2, 0.25) is 0 Å². The van der Waals surface area contributed by atoms with Crippen molar-refractivity contribution >= 4 is 21.6 Å². The first-order valence-corrected chi connectivity index (χ1v) is 9.26. The van der Waals surface area contributed by atoms with Gasteiger partial charge in [0, 0.05) is 6.42 Å². The van der Waals surface area contributed by atoms with E-state index < -0.39 is 22.0 Å². The fourth-order valence-electron chi connectivity index (χ4n) is 2.48. The number of ether oxygens (including phenoxy) is 1. The van der Waals surface area contributed by atoms with Gasteiger partial charge in [-0.3, -0.25) is 10.0 Å². The van der Waals surface area contributed by atoms with E-state index in [9.17, 15) is 13.2 Å². The molecule has 1 aliphatic heterocycles. The highest BCUT2D eigenvalue weighted by Gasteiger charge is 2.42. The Bertz CT molecular complexity index is 732. The van der Waals surface area contributed by atoms with E-state index in [1.165, 1.54) is 17.6 Å². The Balaban J connectivity index is 2.23. The summed E-state index contributed by atoms with van der Waals surface area (Å²) < 4.78 is 32.0. The first-order valence-electron chi connectivity index (χ1n) is 7.82. The highest BCUT2D eigenvalue weighted by Crippen LogP contribution is 2.26. The van der Waals surface area contributed by atoms with E-state index in [4.69, 9.17) is 15.2 Å². The number of carbonyl (C=O) groups excluding carboxylic acids is 1. The van der Waals surface area contributed by atoms with Crippen molar-refractivity contribution in [2.24, 2.45) is 5.16 Å². The molecule has 138 valence electrons. The van der Waals surface area contributed by atoms with E-state index in [0.29, 0.717) is 12.4 Å². The van der Waals surface area contributed by atoms with Gasteiger partial charge >= 0.3 is 0 Å². The van der Waals surface area contributed by atoms with Crippen LogP contribution >= 0.6 is 0 Å². The molecule has 1 aromatic carbocycles. The lowest BCUT2D eigenvalue weighted by molar-refractivity contribution is -0.132. The van der Waals surface area contributed by atoms with E-state index in [0.717, 1.165) is 17.1 Å². The molecule has 1 heterocycles. The molecular weight excluding hydrogens is 350 g/mol. The highest BCUT2D eigenvalue weighted by atomic mass is 32.2. The van der Waals surface area contributed by atoms with Crippen LogP contribution in [0, 0.1) is 0 Å². The Hall–Kier alpha value is -2.17. The zero-order valence-corrected chi connectivity index (χ0v) is 14.6. The maximum absolute atomic E-state index is 12.8. The van der Waals surface area contributed by atoms with Crippen LogP contribution in [0.15, 0.2) is 34.3 Å². The molecule has 1 fully saturated rings. The summed E-state index contributed by atoms with van der Waals surface area (Å²) in [6.45, 7) is 2.35. The number of rotatable bonds is 7. The van der Waals surface area contributed by atoms with Crippen molar-refractivity contribution in [3.8, 4) is 5.75 Å². The van der Waals surface area contributed by atoms with Gasteiger partial charge in [0.15, 0.2) is 0 Å². The topological polar surface area (TPSA) is 129 Å². The van der Waals surface area contributed by atoms with Crippen molar-refractivity contribution in [1.82, 2.24) is 9.79 Å². The molecule has 1 amide bonds. The Kier molecular flexibility index (Phi) is 6.34. The molecule has 1 atom stereocenters. The van der Waals surface area contributed by atoms with Crippen LogP contribution in [-0.2, 0) is 14.8 Å². The predicted octanol–water partition coefficient (Wildman–Crippen LogP) is 0.964. The summed E-state index contributed by atoms with van der Waals surface area (Å²) >= 11 is 0. The zero-order valence-electron chi connectivity index (χ0n) is 13.8. The van der Waals surface area contributed by atoms with Gasteiger partial charge in [0.25, 0.3) is 5.91 Å². The van der Waals surface area contributed by atoms with Gasteiger partial charge in [0.05, 0.1) is 23.8 Å². The third-order valence-electron chi connectivity index (χ3n) is 3.87. The van der Waals surface area contributed by atoms with Gasteiger partial charge in [-0.15, -0.1) is 0 Å². The van der Waals surface area contributed by atoms with Crippen molar-refractivity contribution in [1.29, 1.82) is 0 Å². The minimum atomic E-state index is -4.01. The molecule has 0 saturated carbocycles. The lowest BCUT2D eigenvalue weighted by Gasteiger charge is -2.21. The van der Waals surface area contributed by atoms with E-state index >= 15 is 0 Å². The second-order valence-corrected chi connectivity index (χ2v) is 7.48. The Morgan fingerprint density at radius 2 is 2.08 bits per heavy atom. The standard InChI is InChI=1S/C15H21N3O6S/c1-2-3-8-24-12-4-6-13(7-5-12)25(22,23)18-10-11(16-20)9-14(18)15(19)17-21/h4-7,14,20-21H,2-3,8-10H2,1H3,(H,17,19)/b16-11-/t14-/m1/s1. The monoisotopic (exact) mass is 371 g/mol. The highest BCUT2D eigenvalue weighted by molar-refractivity contribution is 7.89. The molecule has 0 aliphatic carbocycles. The first kappa shape index (κ1) is 19.2. The SMILES string of the molecule is CCCCOc1ccc(S(=O)(=O)N2C/C(=N\O)C[C@@H]2C(=O)NO)cc1. The number of unbranched alkanes of at least 4 members (excludes halogenated alkanes) is 1. The van der Waals surface area contributed by atoms with E-state index in [-0.39, 0.29) is 23.6 Å². The fraction of sp³-hybridized carbons (Fsp3) is 0.467. The van der Waals surface area contributed by atoms with Crippen LogP contribution in [0.4, 0.5) is 0 Å². The summed E-state index contributed by atoms with van der Waals surface area (Å²) in [6, 6.07) is 4.68. The third-order valence-corrected chi connectivity index (χ3v) is 5.74. The van der Waals surface area contributed by atoms with Crippen molar-refractivity contribution in [2.75, 3.05) is 13.2 Å². The number of hydroxylamine groups is 1. The maximum atomic E-state index is 12.8. The van der Waals surface area contributed by atoms with E-state index in [1.54, 1.807) is 12.1 Å². The minimum Gasteiger partial charge on any atom is -0.494 e. The maximum Gasteiger partial charge on any atom is 0.262 e. The van der Waals surface area contributed by atoms with Gasteiger partial charge in [-0.1, -0.05) is 18.5 Å². The van der Waals surface area contributed by atoms with Gasteiger partial charge in [0.1, 0.15) is 11.8 Å². The molecule has 0 spiro atoms. The van der Waals surface area contributed by atoms with Crippen LogP contribution in [0.1, 0.15) is 26.2 Å². The minimum absolute atomic E-state index is 0.0229. The Morgan fingerprint density at radius 3 is 2.64 bits per heavy atom. The van der Waals surface area contributed by atoms with Gasteiger partial charge in [-0.25, -0.2) is 13.9 Å². The van der Waals surface area contributed by atoms with Crippen molar-refractivity contribution in [2.45, 2.75) is 37.1 Å². The number of amides is 1. The number of hydrogen-bond acceptors (Lipinski definition) is 7. The molecule has 0 aromatic heterocycles. The number of oxime groups is 1. The summed E-state index contributed by atoms with van der Waals surface area (Å²) in [4.78, 5) is 11.7. The number of carbonyl (C=O) groups is 1. The lowest BCUT2D eigenvalue weighted by Crippen LogP contribution is -2.45. The number of nitrogens with one attached hydrogen (secondary N) is 1. The summed E-state index contributed by atoms with van der Waals surface area (Å²) in [7, 11) is -4.01. The number of benzene rings is 1. The predicted molar refractivity (Wildman–Crippen MR) is 88.3 cm³/mol. The van der Waals surface area contributed by atoms with E-state index in [2.05, 4.69) is 5.16 Å². The van der Waals surface area contributed by atoms with Crippen LogP contribution in [0.25, 0.3) is 0 Å². The quantitative estimate of drug-likeness (QED) is 0.283. The van der Waals surface area contributed by atoms with Crippen LogP contribution < -0.4 is 10.2 Å². The summed E-state index contributed by atoms with van der Waals surface area (Å²) in [5, 5.41) is 20.7. The van der Waals surface area contributed by atoms with Gasteiger partial charge in [-0.05, 0) is 30.7 Å². The normalized spacial score (nSPS) is 19.9. The largest absolute Gasteiger partial charge is 0.494 e. The van der Waals surface area contributed by atoms with Crippen LogP contribution in [0.3, 0.4) is 0 Å². The molecule has 3 N–H and O–H groups in total. The molecular formula is C15H21N3O6S. The molecule has 25 heavy (non-hydrogen) atoms. The summed E-state index contributed by atoms with van der Waals surface area (Å²) in [6.07, 6.45) is 1.79. The smallest absolute Gasteiger partial charge is 0.262 e.